The summed E-state index contributed by atoms with van der Waals surface area (Å²) >= 11 is 5.91. The van der Waals surface area contributed by atoms with Crippen molar-refractivity contribution in [2.75, 3.05) is 17.7 Å². The fraction of sp³-hybridized carbons (Fsp3) is 0.222. The SMILES string of the molecule is COc1ccc(NC(=O)C2(C)Oc3ccc(Cl)cc3NC2=O)c(C)c1. The van der Waals surface area contributed by atoms with Crippen LogP contribution in [0.15, 0.2) is 36.4 Å². The summed E-state index contributed by atoms with van der Waals surface area (Å²) in [4.78, 5) is 25.2. The number of benzene rings is 2. The summed E-state index contributed by atoms with van der Waals surface area (Å²) in [7, 11) is 1.57. The van der Waals surface area contributed by atoms with Gasteiger partial charge in [0.05, 0.1) is 12.8 Å². The summed E-state index contributed by atoms with van der Waals surface area (Å²) in [6, 6.07) is 10.0. The molecule has 0 saturated carbocycles. The lowest BCUT2D eigenvalue weighted by Gasteiger charge is -2.33. The van der Waals surface area contributed by atoms with Crippen LogP contribution in [0.2, 0.25) is 5.02 Å². The third-order valence-electron chi connectivity index (χ3n) is 4.05. The number of nitrogens with one attached hydrogen (secondary N) is 2. The number of carbonyl (C=O) groups is 2. The van der Waals surface area contributed by atoms with Gasteiger partial charge < -0.3 is 20.1 Å². The van der Waals surface area contributed by atoms with Crippen molar-refractivity contribution in [3.05, 3.63) is 47.0 Å². The molecule has 0 bridgehead atoms. The number of hydrogen-bond acceptors (Lipinski definition) is 4. The van der Waals surface area contributed by atoms with Gasteiger partial charge in [0.25, 0.3) is 17.4 Å². The summed E-state index contributed by atoms with van der Waals surface area (Å²) in [5.74, 6) is -0.0722. The van der Waals surface area contributed by atoms with Gasteiger partial charge >= 0.3 is 0 Å². The van der Waals surface area contributed by atoms with Crippen molar-refractivity contribution >= 4 is 34.8 Å². The topological polar surface area (TPSA) is 76.7 Å². The Morgan fingerprint density at radius 2 is 2.04 bits per heavy atom. The molecular weight excluding hydrogens is 344 g/mol. The Hall–Kier alpha value is -2.73. The highest BCUT2D eigenvalue weighted by Crippen LogP contribution is 2.36. The first-order valence-corrected chi connectivity index (χ1v) is 7.97. The van der Waals surface area contributed by atoms with E-state index in [4.69, 9.17) is 21.1 Å². The summed E-state index contributed by atoms with van der Waals surface area (Å²) in [6.07, 6.45) is 0. The van der Waals surface area contributed by atoms with Crippen LogP contribution in [0.1, 0.15) is 12.5 Å². The minimum atomic E-state index is -1.70. The van der Waals surface area contributed by atoms with Crippen molar-refractivity contribution in [3.63, 3.8) is 0 Å². The molecule has 0 aliphatic carbocycles. The maximum absolute atomic E-state index is 12.7. The number of aryl methyl sites for hydroxylation is 1. The maximum atomic E-state index is 12.7. The van der Waals surface area contributed by atoms with Crippen LogP contribution in [0.5, 0.6) is 11.5 Å². The van der Waals surface area contributed by atoms with Gasteiger partial charge in [-0.2, -0.15) is 0 Å². The Morgan fingerprint density at radius 1 is 1.28 bits per heavy atom. The predicted octanol–water partition coefficient (Wildman–Crippen LogP) is 3.39. The van der Waals surface area contributed by atoms with Gasteiger partial charge in [0.15, 0.2) is 0 Å². The van der Waals surface area contributed by atoms with E-state index in [1.165, 1.54) is 6.92 Å². The number of rotatable bonds is 3. The minimum absolute atomic E-state index is 0.383. The van der Waals surface area contributed by atoms with Gasteiger partial charge in [0.1, 0.15) is 11.5 Å². The van der Waals surface area contributed by atoms with Gasteiger partial charge in [0, 0.05) is 10.7 Å². The summed E-state index contributed by atoms with van der Waals surface area (Å²) < 4.78 is 10.8. The molecule has 3 rings (SSSR count). The molecule has 2 aromatic carbocycles. The number of anilines is 2. The molecule has 25 heavy (non-hydrogen) atoms. The van der Waals surface area contributed by atoms with Crippen LogP contribution in [0.3, 0.4) is 0 Å². The first kappa shape index (κ1) is 17.1. The zero-order valence-electron chi connectivity index (χ0n) is 14.0. The van der Waals surface area contributed by atoms with Crippen LogP contribution < -0.4 is 20.1 Å². The first-order chi connectivity index (χ1) is 11.8. The number of methoxy groups -OCH3 is 1. The Morgan fingerprint density at radius 3 is 2.72 bits per heavy atom. The zero-order valence-corrected chi connectivity index (χ0v) is 14.7. The number of hydrogen-bond donors (Lipinski definition) is 2. The summed E-state index contributed by atoms with van der Waals surface area (Å²) in [6.45, 7) is 3.26. The van der Waals surface area contributed by atoms with E-state index >= 15 is 0 Å². The predicted molar refractivity (Wildman–Crippen MR) is 95.5 cm³/mol. The van der Waals surface area contributed by atoms with Crippen LogP contribution in [-0.4, -0.2) is 24.5 Å². The number of fused-ring (bicyclic) bond motifs is 1. The molecule has 7 heteroatoms. The van der Waals surface area contributed by atoms with Crippen molar-refractivity contribution in [2.45, 2.75) is 19.4 Å². The largest absolute Gasteiger partial charge is 0.497 e. The Balaban J connectivity index is 1.86. The third-order valence-corrected chi connectivity index (χ3v) is 4.29. The highest BCUT2D eigenvalue weighted by atomic mass is 35.5. The van der Waals surface area contributed by atoms with Gasteiger partial charge in [-0.1, -0.05) is 11.6 Å². The van der Waals surface area contributed by atoms with E-state index in [1.807, 2.05) is 6.92 Å². The molecule has 1 unspecified atom stereocenters. The second kappa shape index (κ2) is 6.29. The molecule has 0 aromatic heterocycles. The molecule has 6 nitrogen and oxygen atoms in total. The van der Waals surface area contributed by atoms with Crippen LogP contribution in [0.4, 0.5) is 11.4 Å². The van der Waals surface area contributed by atoms with Gasteiger partial charge in [0.2, 0.25) is 0 Å². The average molecular weight is 361 g/mol. The highest BCUT2D eigenvalue weighted by Gasteiger charge is 2.47. The molecule has 0 fully saturated rings. The second-order valence-corrected chi connectivity index (χ2v) is 6.30. The number of amides is 2. The molecule has 0 saturated heterocycles. The van der Waals surface area contributed by atoms with Crippen molar-refractivity contribution in [1.29, 1.82) is 0 Å². The van der Waals surface area contributed by atoms with Gasteiger partial charge in [-0.25, -0.2) is 0 Å². The number of ether oxygens (including phenoxy) is 2. The van der Waals surface area contributed by atoms with Gasteiger partial charge in [-0.3, -0.25) is 9.59 Å². The molecule has 2 aromatic rings. The molecular formula is C18H17ClN2O4. The Bertz CT molecular complexity index is 868. The fourth-order valence-electron chi connectivity index (χ4n) is 2.49. The molecule has 130 valence electrons. The van der Waals surface area contributed by atoms with Crippen LogP contribution in [0, 0.1) is 6.92 Å². The second-order valence-electron chi connectivity index (χ2n) is 5.86. The van der Waals surface area contributed by atoms with E-state index < -0.39 is 17.4 Å². The van der Waals surface area contributed by atoms with Crippen molar-refractivity contribution in [2.24, 2.45) is 0 Å². The summed E-state index contributed by atoms with van der Waals surface area (Å²) in [5, 5.41) is 5.86. The lowest BCUT2D eigenvalue weighted by atomic mass is 10.0. The van der Waals surface area contributed by atoms with E-state index in [0.717, 1.165) is 5.56 Å². The molecule has 0 radical (unpaired) electrons. The quantitative estimate of drug-likeness (QED) is 0.823. The lowest BCUT2D eigenvalue weighted by Crippen LogP contribution is -2.56. The molecule has 1 aliphatic heterocycles. The molecule has 1 atom stereocenters. The fourth-order valence-corrected chi connectivity index (χ4v) is 2.66. The smallest absolute Gasteiger partial charge is 0.278 e. The molecule has 2 N–H and O–H groups in total. The zero-order chi connectivity index (χ0) is 18.2. The van der Waals surface area contributed by atoms with E-state index in [9.17, 15) is 9.59 Å². The first-order valence-electron chi connectivity index (χ1n) is 7.59. The minimum Gasteiger partial charge on any atom is -0.497 e. The lowest BCUT2D eigenvalue weighted by molar-refractivity contribution is -0.143. The van der Waals surface area contributed by atoms with E-state index in [-0.39, 0.29) is 0 Å². The third kappa shape index (κ3) is 3.13. The molecule has 1 aliphatic rings. The van der Waals surface area contributed by atoms with Crippen molar-refractivity contribution in [3.8, 4) is 11.5 Å². The molecule has 1 heterocycles. The molecule has 2 amide bonds. The Kier molecular flexibility index (Phi) is 4.30. The average Bonchev–Trinajstić information content (AvgIpc) is 2.58. The van der Waals surface area contributed by atoms with E-state index in [1.54, 1.807) is 43.5 Å². The van der Waals surface area contributed by atoms with E-state index in [0.29, 0.717) is 27.9 Å². The van der Waals surface area contributed by atoms with E-state index in [2.05, 4.69) is 10.6 Å². The highest BCUT2D eigenvalue weighted by molar-refractivity contribution is 6.31. The van der Waals surface area contributed by atoms with Gasteiger partial charge in [-0.15, -0.1) is 0 Å². The van der Waals surface area contributed by atoms with Crippen molar-refractivity contribution < 1.29 is 19.1 Å². The summed E-state index contributed by atoms with van der Waals surface area (Å²) in [5.41, 5.74) is 0.112. The normalized spacial score (nSPS) is 18.6. The Labute approximate surface area is 150 Å². The van der Waals surface area contributed by atoms with Crippen LogP contribution in [-0.2, 0) is 9.59 Å². The maximum Gasteiger partial charge on any atom is 0.278 e. The van der Waals surface area contributed by atoms with Crippen LogP contribution >= 0.6 is 11.6 Å². The monoisotopic (exact) mass is 360 g/mol. The molecule has 0 spiro atoms. The van der Waals surface area contributed by atoms with Crippen LogP contribution in [0.25, 0.3) is 0 Å². The van der Waals surface area contributed by atoms with Gasteiger partial charge in [-0.05, 0) is 55.8 Å². The van der Waals surface area contributed by atoms with Crippen molar-refractivity contribution in [1.82, 2.24) is 0 Å². The standard InChI is InChI=1S/C18H17ClN2O4/c1-10-8-12(24-3)5-6-13(10)20-16(22)18(2)17(23)21-14-9-11(19)4-7-15(14)25-18/h4-9H,1-3H3,(H,20,22)(H,21,23). The number of halogens is 1. The number of carbonyl (C=O) groups excluding carboxylic acids is 2.